The number of anilines is 1. The molecule has 9 heteroatoms. The van der Waals surface area contributed by atoms with Gasteiger partial charge in [-0.3, -0.25) is 4.79 Å². The van der Waals surface area contributed by atoms with E-state index in [2.05, 4.69) is 5.32 Å². The Morgan fingerprint density at radius 3 is 2.39 bits per heavy atom. The van der Waals surface area contributed by atoms with Crippen LogP contribution in [0.2, 0.25) is 0 Å². The summed E-state index contributed by atoms with van der Waals surface area (Å²) in [5, 5.41) is 2.62. The number of carbonyl (C=O) groups is 2. The van der Waals surface area contributed by atoms with Gasteiger partial charge in [-0.05, 0) is 48.7 Å². The number of ether oxygens (including phenoxy) is 2. The second kappa shape index (κ2) is 11.6. The number of benzene rings is 2. The lowest BCUT2D eigenvalue weighted by molar-refractivity contribution is -0.142. The first kappa shape index (κ1) is 24.5. The molecule has 1 aliphatic heterocycles. The molecule has 1 amide bonds. The number of rotatable bonds is 8. The number of sulfonamides is 1. The summed E-state index contributed by atoms with van der Waals surface area (Å²) >= 11 is 0. The van der Waals surface area contributed by atoms with Gasteiger partial charge in [-0.2, -0.15) is 4.31 Å². The Balaban J connectivity index is 1.50. The fourth-order valence-electron chi connectivity index (χ4n) is 3.43. The minimum Gasteiger partial charge on any atom is -0.497 e. The Bertz CT molecular complexity index is 1090. The maximum absolute atomic E-state index is 12.8. The first-order chi connectivity index (χ1) is 15.9. The molecule has 0 radical (unpaired) electrons. The molecule has 1 heterocycles. The van der Waals surface area contributed by atoms with Crippen LogP contribution in [0.15, 0.2) is 59.5 Å². The average molecular weight is 473 g/mol. The van der Waals surface area contributed by atoms with Crippen LogP contribution in [0.1, 0.15) is 31.2 Å². The van der Waals surface area contributed by atoms with E-state index in [4.69, 9.17) is 9.47 Å². The standard InChI is InChI=1S/C24H28N2O6S/c1-31-21-8-6-7-20(17-21)25-23(27)18-32-24(28)14-11-19-9-12-22(13-10-19)33(29,30)26-15-4-2-3-5-16-26/h6-14,17H,2-5,15-16,18H2,1H3,(H,25,27). The quantitative estimate of drug-likeness (QED) is 0.466. The number of amides is 1. The fraction of sp³-hybridized carbons (Fsp3) is 0.333. The molecule has 1 fully saturated rings. The number of carbonyl (C=O) groups excluding carboxylic acids is 2. The average Bonchev–Trinajstić information content (AvgIpc) is 3.12. The molecular formula is C24H28N2O6S. The number of hydrogen-bond acceptors (Lipinski definition) is 6. The predicted octanol–water partition coefficient (Wildman–Crippen LogP) is 3.46. The molecule has 1 saturated heterocycles. The van der Waals surface area contributed by atoms with E-state index in [0.29, 0.717) is 30.1 Å². The summed E-state index contributed by atoms with van der Waals surface area (Å²) in [6, 6.07) is 13.1. The van der Waals surface area contributed by atoms with Gasteiger partial charge in [0.25, 0.3) is 5.91 Å². The van der Waals surface area contributed by atoms with E-state index in [1.807, 2.05) is 0 Å². The molecule has 0 unspecified atom stereocenters. The van der Waals surface area contributed by atoms with Crippen LogP contribution in [0, 0.1) is 0 Å². The number of nitrogens with zero attached hydrogens (tertiary/aromatic N) is 1. The highest BCUT2D eigenvalue weighted by Crippen LogP contribution is 2.21. The molecule has 176 valence electrons. The summed E-state index contributed by atoms with van der Waals surface area (Å²) in [4.78, 5) is 24.1. The Labute approximate surface area is 194 Å². The van der Waals surface area contributed by atoms with Crippen molar-refractivity contribution in [2.75, 3.05) is 32.1 Å². The van der Waals surface area contributed by atoms with E-state index in [1.54, 1.807) is 40.7 Å². The second-order valence-corrected chi connectivity index (χ2v) is 9.55. The largest absolute Gasteiger partial charge is 0.497 e. The van der Waals surface area contributed by atoms with Gasteiger partial charge in [-0.15, -0.1) is 0 Å². The summed E-state index contributed by atoms with van der Waals surface area (Å²) in [6.07, 6.45) is 6.55. The summed E-state index contributed by atoms with van der Waals surface area (Å²) in [5.74, 6) is -0.567. The van der Waals surface area contributed by atoms with Gasteiger partial charge in [-0.25, -0.2) is 13.2 Å². The van der Waals surface area contributed by atoms with Crippen molar-refractivity contribution in [1.29, 1.82) is 0 Å². The van der Waals surface area contributed by atoms with Crippen LogP contribution in [0.3, 0.4) is 0 Å². The van der Waals surface area contributed by atoms with Gasteiger partial charge >= 0.3 is 5.97 Å². The molecule has 1 N–H and O–H groups in total. The molecule has 0 spiro atoms. The molecule has 0 aromatic heterocycles. The van der Waals surface area contributed by atoms with E-state index in [0.717, 1.165) is 25.7 Å². The van der Waals surface area contributed by atoms with Crippen molar-refractivity contribution in [2.24, 2.45) is 0 Å². The highest BCUT2D eigenvalue weighted by Gasteiger charge is 2.24. The van der Waals surface area contributed by atoms with Crippen LogP contribution in [0.5, 0.6) is 5.75 Å². The van der Waals surface area contributed by atoms with Gasteiger partial charge in [0.05, 0.1) is 12.0 Å². The first-order valence-corrected chi connectivity index (χ1v) is 12.2. The number of nitrogens with one attached hydrogen (secondary N) is 1. The third-order valence-corrected chi connectivity index (χ3v) is 7.11. The number of hydrogen-bond donors (Lipinski definition) is 1. The topological polar surface area (TPSA) is 102 Å². The highest BCUT2D eigenvalue weighted by molar-refractivity contribution is 7.89. The van der Waals surface area contributed by atoms with E-state index < -0.39 is 28.5 Å². The molecule has 0 saturated carbocycles. The van der Waals surface area contributed by atoms with Crippen molar-refractivity contribution in [2.45, 2.75) is 30.6 Å². The molecule has 0 atom stereocenters. The molecule has 3 rings (SSSR count). The van der Waals surface area contributed by atoms with Crippen LogP contribution >= 0.6 is 0 Å². The minimum absolute atomic E-state index is 0.235. The second-order valence-electron chi connectivity index (χ2n) is 7.61. The maximum atomic E-state index is 12.8. The molecule has 33 heavy (non-hydrogen) atoms. The zero-order valence-corrected chi connectivity index (χ0v) is 19.3. The van der Waals surface area contributed by atoms with Crippen molar-refractivity contribution < 1.29 is 27.5 Å². The van der Waals surface area contributed by atoms with Crippen LogP contribution in [0.4, 0.5) is 5.69 Å². The molecule has 2 aromatic rings. The lowest BCUT2D eigenvalue weighted by Crippen LogP contribution is -2.31. The zero-order chi connectivity index (χ0) is 23.7. The maximum Gasteiger partial charge on any atom is 0.331 e. The Morgan fingerprint density at radius 1 is 1.03 bits per heavy atom. The van der Waals surface area contributed by atoms with E-state index >= 15 is 0 Å². The summed E-state index contributed by atoms with van der Waals surface area (Å²) < 4.78 is 37.2. The molecule has 0 bridgehead atoms. The molecule has 2 aromatic carbocycles. The van der Waals surface area contributed by atoms with Crippen LogP contribution < -0.4 is 10.1 Å². The highest BCUT2D eigenvalue weighted by atomic mass is 32.2. The first-order valence-electron chi connectivity index (χ1n) is 10.8. The monoisotopic (exact) mass is 472 g/mol. The van der Waals surface area contributed by atoms with Gasteiger partial charge < -0.3 is 14.8 Å². The Kier molecular flexibility index (Phi) is 8.62. The summed E-state index contributed by atoms with van der Waals surface area (Å²) in [6.45, 7) is 0.649. The molecule has 0 aliphatic carbocycles. The smallest absolute Gasteiger partial charge is 0.331 e. The fourth-order valence-corrected chi connectivity index (χ4v) is 4.95. The number of methoxy groups -OCH3 is 1. The van der Waals surface area contributed by atoms with Gasteiger partial charge in [0, 0.05) is 30.9 Å². The van der Waals surface area contributed by atoms with E-state index in [1.165, 1.54) is 31.4 Å². The lowest BCUT2D eigenvalue weighted by Gasteiger charge is -2.19. The van der Waals surface area contributed by atoms with Gasteiger partial charge in [0.1, 0.15) is 5.75 Å². The van der Waals surface area contributed by atoms with Crippen molar-refractivity contribution in [3.63, 3.8) is 0 Å². The van der Waals surface area contributed by atoms with Crippen LogP contribution in [0.25, 0.3) is 6.08 Å². The van der Waals surface area contributed by atoms with Crippen LogP contribution in [-0.4, -0.2) is 51.4 Å². The van der Waals surface area contributed by atoms with Gasteiger partial charge in [-0.1, -0.05) is 31.0 Å². The molecular weight excluding hydrogens is 444 g/mol. The van der Waals surface area contributed by atoms with Gasteiger partial charge in [0.15, 0.2) is 6.61 Å². The van der Waals surface area contributed by atoms with Crippen molar-refractivity contribution in [3.8, 4) is 5.75 Å². The summed E-state index contributed by atoms with van der Waals surface area (Å²) in [7, 11) is -1.99. The third kappa shape index (κ3) is 7.16. The third-order valence-electron chi connectivity index (χ3n) is 5.19. The summed E-state index contributed by atoms with van der Waals surface area (Å²) in [5.41, 5.74) is 1.17. The SMILES string of the molecule is COc1cccc(NC(=O)COC(=O)C=Cc2ccc(S(=O)(=O)N3CCCCCC3)cc2)c1. The molecule has 1 aliphatic rings. The van der Waals surface area contributed by atoms with Crippen molar-refractivity contribution in [1.82, 2.24) is 4.31 Å². The van der Waals surface area contributed by atoms with Crippen LogP contribution in [-0.2, 0) is 24.3 Å². The number of esters is 1. The van der Waals surface area contributed by atoms with Gasteiger partial charge in [0.2, 0.25) is 10.0 Å². The lowest BCUT2D eigenvalue weighted by atomic mass is 10.2. The van der Waals surface area contributed by atoms with E-state index in [-0.39, 0.29) is 4.90 Å². The minimum atomic E-state index is -3.52. The Morgan fingerprint density at radius 2 is 1.73 bits per heavy atom. The zero-order valence-electron chi connectivity index (χ0n) is 18.5. The van der Waals surface area contributed by atoms with Crippen molar-refractivity contribution in [3.05, 3.63) is 60.2 Å². The van der Waals surface area contributed by atoms with E-state index in [9.17, 15) is 18.0 Å². The predicted molar refractivity (Wildman–Crippen MR) is 125 cm³/mol. The molecule has 8 nitrogen and oxygen atoms in total. The normalized spacial score (nSPS) is 15.1. The Hall–Kier alpha value is -3.17. The van der Waals surface area contributed by atoms with Crippen molar-refractivity contribution >= 4 is 33.7 Å².